The molecule has 0 unspecified atom stereocenters. The Balaban J connectivity index is 2.05. The van der Waals surface area contributed by atoms with Gasteiger partial charge in [0.1, 0.15) is 5.75 Å². The topological polar surface area (TPSA) is 35.2 Å². The maximum Gasteiger partial charge on any atom is 0.122 e. The fourth-order valence-electron chi connectivity index (χ4n) is 3.38. The van der Waals surface area contributed by atoms with E-state index >= 15 is 0 Å². The monoisotopic (exact) mass is 267 g/mol. The molecule has 2 N–H and O–H groups in total. The van der Waals surface area contributed by atoms with Gasteiger partial charge in [0.15, 0.2) is 0 Å². The van der Waals surface area contributed by atoms with E-state index in [2.05, 4.69) is 50.2 Å². The van der Waals surface area contributed by atoms with E-state index in [1.54, 1.807) is 7.11 Å². The Morgan fingerprint density at radius 2 is 1.60 bits per heavy atom. The molecule has 0 saturated heterocycles. The van der Waals surface area contributed by atoms with E-state index in [9.17, 15) is 0 Å². The van der Waals surface area contributed by atoms with Crippen molar-refractivity contribution in [3.8, 4) is 5.75 Å². The largest absolute Gasteiger partial charge is 0.496 e. The Labute approximate surface area is 120 Å². The summed E-state index contributed by atoms with van der Waals surface area (Å²) in [4.78, 5) is 0. The molecule has 1 aliphatic carbocycles. The molecule has 0 aliphatic heterocycles. The third kappa shape index (κ3) is 2.01. The Morgan fingerprint density at radius 3 is 2.15 bits per heavy atom. The van der Waals surface area contributed by atoms with Crippen LogP contribution in [0.2, 0.25) is 0 Å². The molecule has 0 spiro atoms. The second-order valence-electron chi connectivity index (χ2n) is 5.92. The first kappa shape index (κ1) is 13.2. The van der Waals surface area contributed by atoms with E-state index in [-0.39, 0.29) is 5.54 Å². The van der Waals surface area contributed by atoms with E-state index in [1.165, 1.54) is 22.3 Å². The lowest BCUT2D eigenvalue weighted by molar-refractivity contribution is 0.409. The van der Waals surface area contributed by atoms with Crippen LogP contribution in [0, 0.1) is 13.8 Å². The molecule has 0 fully saturated rings. The van der Waals surface area contributed by atoms with E-state index in [0.29, 0.717) is 0 Å². The van der Waals surface area contributed by atoms with Gasteiger partial charge >= 0.3 is 0 Å². The number of fused-ring (bicyclic) bond motifs is 1. The highest BCUT2D eigenvalue weighted by Crippen LogP contribution is 2.38. The smallest absolute Gasteiger partial charge is 0.122 e. The molecule has 0 aromatic heterocycles. The fourth-order valence-corrected chi connectivity index (χ4v) is 3.38. The number of hydrogen-bond donors (Lipinski definition) is 1. The van der Waals surface area contributed by atoms with Crippen LogP contribution in [-0.2, 0) is 18.4 Å². The molecule has 104 valence electrons. The molecule has 20 heavy (non-hydrogen) atoms. The van der Waals surface area contributed by atoms with E-state index in [4.69, 9.17) is 10.5 Å². The Morgan fingerprint density at radius 1 is 1.00 bits per heavy atom. The lowest BCUT2D eigenvalue weighted by Gasteiger charge is -2.27. The predicted molar refractivity (Wildman–Crippen MR) is 82.2 cm³/mol. The molecule has 1 aliphatic rings. The van der Waals surface area contributed by atoms with Crippen LogP contribution >= 0.6 is 0 Å². The molecule has 0 atom stereocenters. The van der Waals surface area contributed by atoms with Gasteiger partial charge in [0, 0.05) is 5.54 Å². The van der Waals surface area contributed by atoms with E-state index in [0.717, 1.165) is 24.2 Å². The van der Waals surface area contributed by atoms with Crippen molar-refractivity contribution in [2.45, 2.75) is 32.2 Å². The van der Waals surface area contributed by atoms with Crippen molar-refractivity contribution < 1.29 is 4.74 Å². The number of benzene rings is 2. The lowest BCUT2D eigenvalue weighted by atomic mass is 9.84. The number of methoxy groups -OCH3 is 1. The van der Waals surface area contributed by atoms with Crippen LogP contribution in [0.4, 0.5) is 0 Å². The number of aryl methyl sites for hydroxylation is 2. The molecule has 0 saturated carbocycles. The van der Waals surface area contributed by atoms with E-state index < -0.39 is 0 Å². The van der Waals surface area contributed by atoms with Gasteiger partial charge < -0.3 is 10.5 Å². The molecule has 0 heterocycles. The first-order valence-corrected chi connectivity index (χ1v) is 7.05. The normalized spacial score (nSPS) is 16.0. The van der Waals surface area contributed by atoms with Gasteiger partial charge in [-0.2, -0.15) is 0 Å². The van der Waals surface area contributed by atoms with Gasteiger partial charge in [-0.05, 0) is 60.6 Å². The quantitative estimate of drug-likeness (QED) is 0.906. The summed E-state index contributed by atoms with van der Waals surface area (Å²) in [5.74, 6) is 0.936. The molecule has 0 bridgehead atoms. The highest BCUT2D eigenvalue weighted by Gasteiger charge is 2.36. The molecular weight excluding hydrogens is 246 g/mol. The Hall–Kier alpha value is -1.80. The molecule has 2 heteroatoms. The van der Waals surface area contributed by atoms with Crippen LogP contribution in [0.25, 0.3) is 0 Å². The van der Waals surface area contributed by atoms with Gasteiger partial charge in [-0.25, -0.2) is 0 Å². The van der Waals surface area contributed by atoms with Crippen molar-refractivity contribution in [2.24, 2.45) is 5.73 Å². The molecule has 3 rings (SSSR count). The fraction of sp³-hybridized carbons (Fsp3) is 0.333. The maximum atomic E-state index is 6.75. The summed E-state index contributed by atoms with van der Waals surface area (Å²) in [7, 11) is 1.71. The number of ether oxygens (including phenoxy) is 1. The average Bonchev–Trinajstić information content (AvgIpc) is 2.78. The van der Waals surface area contributed by atoms with E-state index in [1.807, 2.05) is 0 Å². The molecular formula is C18H21NO. The first-order valence-electron chi connectivity index (χ1n) is 7.05. The third-order valence-corrected chi connectivity index (χ3v) is 4.41. The highest BCUT2D eigenvalue weighted by molar-refractivity contribution is 5.48. The van der Waals surface area contributed by atoms with Gasteiger partial charge in [0.2, 0.25) is 0 Å². The van der Waals surface area contributed by atoms with Crippen LogP contribution in [0.3, 0.4) is 0 Å². The Bertz CT molecular complexity index is 635. The second kappa shape index (κ2) is 4.64. The minimum atomic E-state index is -0.287. The molecule has 0 radical (unpaired) electrons. The van der Waals surface area contributed by atoms with Crippen LogP contribution in [-0.4, -0.2) is 7.11 Å². The highest BCUT2D eigenvalue weighted by atomic mass is 16.5. The van der Waals surface area contributed by atoms with Gasteiger partial charge in [0.05, 0.1) is 7.11 Å². The van der Waals surface area contributed by atoms with Crippen molar-refractivity contribution in [2.75, 3.05) is 7.11 Å². The van der Waals surface area contributed by atoms with Crippen molar-refractivity contribution in [3.63, 3.8) is 0 Å². The van der Waals surface area contributed by atoms with Crippen molar-refractivity contribution >= 4 is 0 Å². The zero-order valence-corrected chi connectivity index (χ0v) is 12.4. The molecule has 2 nitrogen and oxygen atoms in total. The summed E-state index contributed by atoms with van der Waals surface area (Å²) in [6.45, 7) is 4.20. The number of hydrogen-bond acceptors (Lipinski definition) is 2. The van der Waals surface area contributed by atoms with Crippen molar-refractivity contribution in [1.82, 2.24) is 0 Å². The third-order valence-electron chi connectivity index (χ3n) is 4.41. The molecule has 2 aromatic carbocycles. The van der Waals surface area contributed by atoms with Gasteiger partial charge in [-0.15, -0.1) is 0 Å². The van der Waals surface area contributed by atoms with Gasteiger partial charge in [0.25, 0.3) is 0 Å². The average molecular weight is 267 g/mol. The standard InChI is InChI=1S/C18H21NO/c1-12-9-17(20-3)13(2)8-16(12)18(19)10-14-6-4-5-7-15(14)11-18/h4-9H,10-11,19H2,1-3H3. The summed E-state index contributed by atoms with van der Waals surface area (Å²) in [6, 6.07) is 12.9. The SMILES string of the molecule is COc1cc(C)c(C2(N)Cc3ccccc3C2)cc1C. The van der Waals surface area contributed by atoms with Gasteiger partial charge in [-0.3, -0.25) is 0 Å². The summed E-state index contributed by atoms with van der Waals surface area (Å²) in [5.41, 5.74) is 12.8. The Kier molecular flexibility index (Phi) is 3.06. The summed E-state index contributed by atoms with van der Waals surface area (Å²) < 4.78 is 5.40. The van der Waals surface area contributed by atoms with Crippen LogP contribution in [0.5, 0.6) is 5.75 Å². The first-order chi connectivity index (χ1) is 9.53. The predicted octanol–water partition coefficient (Wildman–Crippen LogP) is 3.26. The zero-order valence-electron chi connectivity index (χ0n) is 12.4. The molecule has 2 aromatic rings. The van der Waals surface area contributed by atoms with Crippen molar-refractivity contribution in [1.29, 1.82) is 0 Å². The van der Waals surface area contributed by atoms with Gasteiger partial charge in [-0.1, -0.05) is 30.3 Å². The number of rotatable bonds is 2. The molecule has 0 amide bonds. The summed E-state index contributed by atoms with van der Waals surface area (Å²) >= 11 is 0. The summed E-state index contributed by atoms with van der Waals surface area (Å²) in [6.07, 6.45) is 1.82. The van der Waals surface area contributed by atoms with Crippen LogP contribution in [0.15, 0.2) is 36.4 Å². The number of nitrogens with two attached hydrogens (primary N) is 1. The lowest BCUT2D eigenvalue weighted by Crippen LogP contribution is -2.38. The zero-order chi connectivity index (χ0) is 14.3. The maximum absolute atomic E-state index is 6.75. The van der Waals surface area contributed by atoms with Crippen LogP contribution in [0.1, 0.15) is 27.8 Å². The second-order valence-corrected chi connectivity index (χ2v) is 5.92. The minimum Gasteiger partial charge on any atom is -0.496 e. The van der Waals surface area contributed by atoms with Crippen molar-refractivity contribution in [3.05, 3.63) is 64.2 Å². The van der Waals surface area contributed by atoms with Crippen LogP contribution < -0.4 is 10.5 Å². The minimum absolute atomic E-state index is 0.287. The summed E-state index contributed by atoms with van der Waals surface area (Å²) in [5, 5.41) is 0.